The van der Waals surface area contributed by atoms with E-state index < -0.39 is 0 Å². The van der Waals surface area contributed by atoms with Crippen molar-refractivity contribution in [3.05, 3.63) is 5.32 Å². The van der Waals surface area contributed by atoms with Crippen molar-refractivity contribution in [2.75, 3.05) is 6.54 Å². The van der Waals surface area contributed by atoms with Crippen LogP contribution in [0.4, 0.5) is 0 Å². The quantitative estimate of drug-likeness (QED) is 0.495. The van der Waals surface area contributed by atoms with Gasteiger partial charge in [-0.3, -0.25) is 0 Å². The normalized spacial score (nSPS) is 10.2. The van der Waals surface area contributed by atoms with Crippen molar-refractivity contribution >= 4 is 0 Å². The summed E-state index contributed by atoms with van der Waals surface area (Å²) in [6, 6.07) is 0.517. The maximum atomic E-state index is 4.36. The van der Waals surface area contributed by atoms with Crippen LogP contribution in [0.15, 0.2) is 0 Å². The molecule has 0 heterocycles. The molecule has 0 amide bonds. The van der Waals surface area contributed by atoms with Crippen molar-refractivity contribution in [1.82, 2.24) is 0 Å². The topological polar surface area (TPSA) is 14.1 Å². The van der Waals surface area contributed by atoms with Gasteiger partial charge in [0, 0.05) is 0 Å². The average molecular weight is 151 g/mol. The molecule has 0 saturated heterocycles. The molecule has 0 fully saturated rings. The smallest absolute Gasteiger partial charge is 0.660 e. The third-order valence-corrected chi connectivity index (χ3v) is 1.20. The molecule has 0 radical (unpaired) electrons. The Morgan fingerprint density at radius 2 is 1.60 bits per heavy atom. The minimum atomic E-state index is 0. The number of hydrogen-bond acceptors (Lipinski definition) is 0. The van der Waals surface area contributed by atoms with Crippen molar-refractivity contribution in [2.24, 2.45) is 5.92 Å². The average Bonchev–Trinajstić information content (AvgIpc) is 1.63. The van der Waals surface area contributed by atoms with Gasteiger partial charge in [-0.1, -0.05) is 34.1 Å². The molecular formula is C8H18NNa. The Morgan fingerprint density at radius 1 is 1.10 bits per heavy atom. The van der Waals surface area contributed by atoms with E-state index >= 15 is 0 Å². The van der Waals surface area contributed by atoms with Crippen LogP contribution in [-0.2, 0) is 0 Å². The third-order valence-electron chi connectivity index (χ3n) is 1.20. The summed E-state index contributed by atoms with van der Waals surface area (Å²) in [5, 5.41) is 4.36. The summed E-state index contributed by atoms with van der Waals surface area (Å²) in [6.45, 7) is 9.75. The summed E-state index contributed by atoms with van der Waals surface area (Å²) in [6.07, 6.45) is 1.23. The fourth-order valence-electron chi connectivity index (χ4n) is 0.591. The summed E-state index contributed by atoms with van der Waals surface area (Å²) >= 11 is 0. The van der Waals surface area contributed by atoms with E-state index in [-0.39, 0.29) is 29.6 Å². The molecule has 0 atom stereocenters. The van der Waals surface area contributed by atoms with Crippen LogP contribution >= 0.6 is 0 Å². The van der Waals surface area contributed by atoms with Gasteiger partial charge in [-0.05, 0) is 5.92 Å². The van der Waals surface area contributed by atoms with Gasteiger partial charge in [0.25, 0.3) is 0 Å². The molecule has 2 heteroatoms. The van der Waals surface area contributed by atoms with Crippen molar-refractivity contribution < 1.29 is 29.6 Å². The van der Waals surface area contributed by atoms with E-state index in [1.165, 1.54) is 6.42 Å². The van der Waals surface area contributed by atoms with E-state index in [9.17, 15) is 0 Å². The van der Waals surface area contributed by atoms with Crippen LogP contribution in [0.1, 0.15) is 34.1 Å². The van der Waals surface area contributed by atoms with Crippen molar-refractivity contribution in [3.8, 4) is 0 Å². The van der Waals surface area contributed by atoms with Gasteiger partial charge in [-0.2, -0.15) is 0 Å². The first-order valence-electron chi connectivity index (χ1n) is 3.79. The predicted octanol–water partition coefficient (Wildman–Crippen LogP) is -0.181. The van der Waals surface area contributed by atoms with Gasteiger partial charge in [0.15, 0.2) is 0 Å². The molecule has 0 bridgehead atoms. The molecule has 1 nitrogen and oxygen atoms in total. The van der Waals surface area contributed by atoms with E-state index in [2.05, 4.69) is 33.0 Å². The molecule has 0 unspecified atom stereocenters. The van der Waals surface area contributed by atoms with E-state index in [1.807, 2.05) is 0 Å². The Hall–Kier alpha value is 0.960. The second-order valence-electron chi connectivity index (χ2n) is 3.18. The molecule has 10 heavy (non-hydrogen) atoms. The van der Waals surface area contributed by atoms with Gasteiger partial charge < -0.3 is 5.32 Å². The van der Waals surface area contributed by atoms with Crippen LogP contribution < -0.4 is 29.6 Å². The summed E-state index contributed by atoms with van der Waals surface area (Å²) < 4.78 is 0. The molecule has 0 aliphatic carbocycles. The van der Waals surface area contributed by atoms with E-state index in [4.69, 9.17) is 0 Å². The molecular weight excluding hydrogens is 133 g/mol. The first-order valence-corrected chi connectivity index (χ1v) is 3.79. The van der Waals surface area contributed by atoms with Gasteiger partial charge in [0.2, 0.25) is 0 Å². The first kappa shape index (κ1) is 13.5. The van der Waals surface area contributed by atoms with Crippen molar-refractivity contribution in [2.45, 2.75) is 40.2 Å². The van der Waals surface area contributed by atoms with Gasteiger partial charge in [0.1, 0.15) is 0 Å². The zero-order valence-electron chi connectivity index (χ0n) is 8.02. The zero-order valence-corrected chi connectivity index (χ0v) is 10.0. The molecule has 0 spiro atoms. The number of hydrogen-bond donors (Lipinski definition) is 0. The summed E-state index contributed by atoms with van der Waals surface area (Å²) in [5.74, 6) is 0.799. The molecule has 0 N–H and O–H groups in total. The van der Waals surface area contributed by atoms with Crippen LogP contribution in [0.5, 0.6) is 0 Å². The molecule has 56 valence electrons. The molecule has 0 saturated carbocycles. The van der Waals surface area contributed by atoms with Crippen molar-refractivity contribution in [1.29, 1.82) is 0 Å². The Morgan fingerprint density at radius 3 is 1.90 bits per heavy atom. The summed E-state index contributed by atoms with van der Waals surface area (Å²) in [4.78, 5) is 0. The Balaban J connectivity index is 0. The number of nitrogens with zero attached hydrogens (tertiary/aromatic N) is 1. The molecule has 0 rings (SSSR count). The first-order chi connectivity index (χ1) is 4.13. The van der Waals surface area contributed by atoms with Crippen LogP contribution in [-0.4, -0.2) is 12.6 Å². The largest absolute Gasteiger partial charge is 1.00 e. The standard InChI is InChI=1S/C8H18N.Na/c1-7(2)5-6-9-8(3)4;/h7-8H,5-6H2,1-4H3;/q-1;+1. The Bertz CT molecular complexity index is 54.3. The second kappa shape index (κ2) is 8.06. The fraction of sp³-hybridized carbons (Fsp3) is 1.00. The molecule has 0 aliphatic heterocycles. The molecule has 0 aliphatic rings. The van der Waals surface area contributed by atoms with Crippen LogP contribution in [0.3, 0.4) is 0 Å². The molecule has 0 aromatic carbocycles. The van der Waals surface area contributed by atoms with Gasteiger partial charge in [0.05, 0.1) is 0 Å². The predicted molar refractivity (Wildman–Crippen MR) is 42.8 cm³/mol. The minimum Gasteiger partial charge on any atom is -0.660 e. The monoisotopic (exact) mass is 151 g/mol. The van der Waals surface area contributed by atoms with Gasteiger partial charge in [-0.15, -0.1) is 12.6 Å². The van der Waals surface area contributed by atoms with Gasteiger partial charge >= 0.3 is 29.6 Å². The minimum absolute atomic E-state index is 0. The van der Waals surface area contributed by atoms with E-state index in [0.29, 0.717) is 6.04 Å². The van der Waals surface area contributed by atoms with E-state index in [1.54, 1.807) is 0 Å². The summed E-state index contributed by atoms with van der Waals surface area (Å²) in [5.41, 5.74) is 0. The SMILES string of the molecule is CC(C)CC[N-]C(C)C.[Na+]. The molecule has 0 aromatic heterocycles. The van der Waals surface area contributed by atoms with Crippen molar-refractivity contribution in [3.63, 3.8) is 0 Å². The van der Waals surface area contributed by atoms with Crippen LogP contribution in [0.25, 0.3) is 5.32 Å². The van der Waals surface area contributed by atoms with Crippen LogP contribution in [0, 0.1) is 5.92 Å². The zero-order chi connectivity index (χ0) is 7.28. The van der Waals surface area contributed by atoms with E-state index in [0.717, 1.165) is 12.5 Å². The Labute approximate surface area is 87.3 Å². The maximum Gasteiger partial charge on any atom is 1.00 e. The summed E-state index contributed by atoms with van der Waals surface area (Å²) in [7, 11) is 0. The van der Waals surface area contributed by atoms with Crippen LogP contribution in [0.2, 0.25) is 0 Å². The second-order valence-corrected chi connectivity index (χ2v) is 3.18. The number of rotatable bonds is 4. The fourth-order valence-corrected chi connectivity index (χ4v) is 0.591. The van der Waals surface area contributed by atoms with Gasteiger partial charge in [-0.25, -0.2) is 0 Å². The Kier molecular flexibility index (Phi) is 10.9. The third kappa shape index (κ3) is 11.7. The maximum absolute atomic E-state index is 4.36. The molecule has 0 aromatic rings.